The van der Waals surface area contributed by atoms with Crippen molar-refractivity contribution in [1.82, 2.24) is 4.90 Å². The van der Waals surface area contributed by atoms with Gasteiger partial charge in [-0.3, -0.25) is 14.5 Å². The van der Waals surface area contributed by atoms with Gasteiger partial charge in [0.15, 0.2) is 0 Å². The number of carbonyl (C=O) groups excluding carboxylic acids is 1. The van der Waals surface area contributed by atoms with E-state index in [2.05, 4.69) is 0 Å². The monoisotopic (exact) mass is 243 g/mol. The molecule has 2 heterocycles. The summed E-state index contributed by atoms with van der Waals surface area (Å²) in [6.07, 6.45) is 1.68. The third kappa shape index (κ3) is 1.63. The number of aliphatic hydroxyl groups is 1. The Balaban J connectivity index is 2.33. The number of fused-ring (bicyclic) bond motifs is 1. The standard InChI is InChI=1S/C11H17NO5/c1-17-10(16)11-3-2-4-12(11)8(6-13)7(5-11)9(14)15/h7-8,13H,2-6H2,1H3,(H,14,15)/t7-,8-,11+/m1/s1. The Hall–Kier alpha value is -1.14. The van der Waals surface area contributed by atoms with Crippen molar-refractivity contribution in [2.24, 2.45) is 5.92 Å². The minimum absolute atomic E-state index is 0.236. The average molecular weight is 243 g/mol. The summed E-state index contributed by atoms with van der Waals surface area (Å²) in [4.78, 5) is 24.9. The van der Waals surface area contributed by atoms with E-state index < -0.39 is 23.5 Å². The molecule has 2 aliphatic heterocycles. The Morgan fingerprint density at radius 1 is 1.53 bits per heavy atom. The second-order valence-electron chi connectivity index (χ2n) is 4.72. The van der Waals surface area contributed by atoms with Crippen LogP contribution in [0.5, 0.6) is 0 Å². The molecule has 2 N–H and O–H groups in total. The van der Waals surface area contributed by atoms with Crippen LogP contribution in [-0.4, -0.2) is 58.9 Å². The SMILES string of the molecule is COC(=O)[C@@]12CCCN1[C@H](CO)[C@H](C(=O)O)C2. The van der Waals surface area contributed by atoms with Crippen molar-refractivity contribution in [2.45, 2.75) is 30.8 Å². The van der Waals surface area contributed by atoms with Gasteiger partial charge >= 0.3 is 11.9 Å². The van der Waals surface area contributed by atoms with Gasteiger partial charge < -0.3 is 14.9 Å². The Bertz CT molecular complexity index is 345. The Labute approximate surface area is 99.2 Å². The van der Waals surface area contributed by atoms with E-state index in [9.17, 15) is 14.7 Å². The summed E-state index contributed by atoms with van der Waals surface area (Å²) in [7, 11) is 1.32. The van der Waals surface area contributed by atoms with Gasteiger partial charge in [-0.25, -0.2) is 0 Å². The highest BCUT2D eigenvalue weighted by Crippen LogP contribution is 2.46. The van der Waals surface area contributed by atoms with Crippen molar-refractivity contribution in [3.05, 3.63) is 0 Å². The molecule has 6 nitrogen and oxygen atoms in total. The second kappa shape index (κ2) is 4.27. The fourth-order valence-electron chi connectivity index (χ4n) is 3.29. The van der Waals surface area contributed by atoms with Crippen molar-refractivity contribution in [2.75, 3.05) is 20.3 Å². The molecular formula is C11H17NO5. The number of aliphatic carboxylic acids is 1. The number of ether oxygens (including phenoxy) is 1. The first kappa shape index (κ1) is 12.3. The van der Waals surface area contributed by atoms with Gasteiger partial charge in [0.25, 0.3) is 0 Å². The van der Waals surface area contributed by atoms with Crippen LogP contribution >= 0.6 is 0 Å². The lowest BCUT2D eigenvalue weighted by molar-refractivity contribution is -0.152. The van der Waals surface area contributed by atoms with Crippen molar-refractivity contribution < 1.29 is 24.5 Å². The summed E-state index contributed by atoms with van der Waals surface area (Å²) in [5, 5.41) is 18.5. The molecule has 0 aliphatic carbocycles. The highest BCUT2D eigenvalue weighted by molar-refractivity contribution is 5.84. The van der Waals surface area contributed by atoms with Crippen molar-refractivity contribution in [1.29, 1.82) is 0 Å². The Morgan fingerprint density at radius 2 is 2.24 bits per heavy atom. The van der Waals surface area contributed by atoms with Crippen LogP contribution in [0, 0.1) is 5.92 Å². The van der Waals surface area contributed by atoms with Crippen molar-refractivity contribution in [3.63, 3.8) is 0 Å². The summed E-state index contributed by atoms with van der Waals surface area (Å²) in [5.41, 5.74) is -0.828. The zero-order valence-electron chi connectivity index (χ0n) is 9.76. The van der Waals surface area contributed by atoms with Gasteiger partial charge in [0, 0.05) is 6.04 Å². The molecule has 0 aromatic rings. The fourth-order valence-corrected chi connectivity index (χ4v) is 3.29. The smallest absolute Gasteiger partial charge is 0.326 e. The maximum Gasteiger partial charge on any atom is 0.326 e. The molecule has 2 fully saturated rings. The van der Waals surface area contributed by atoms with Gasteiger partial charge in [0.2, 0.25) is 0 Å². The number of carboxylic acid groups (broad SMARTS) is 1. The molecule has 2 aliphatic rings. The molecule has 0 radical (unpaired) electrons. The zero-order valence-corrected chi connectivity index (χ0v) is 9.76. The highest BCUT2D eigenvalue weighted by atomic mass is 16.5. The van der Waals surface area contributed by atoms with E-state index in [1.807, 2.05) is 4.90 Å². The summed E-state index contributed by atoms with van der Waals surface area (Å²) in [5.74, 6) is -2.03. The number of hydrogen-bond donors (Lipinski definition) is 2. The molecule has 0 aromatic heterocycles. The summed E-state index contributed by atoms with van der Waals surface area (Å²) in [6.45, 7) is 0.403. The Kier molecular flexibility index (Phi) is 3.09. The lowest BCUT2D eigenvalue weighted by atomic mass is 9.89. The van der Waals surface area contributed by atoms with Gasteiger partial charge in [-0.2, -0.15) is 0 Å². The minimum Gasteiger partial charge on any atom is -0.481 e. The molecule has 17 heavy (non-hydrogen) atoms. The number of carboxylic acids is 1. The van der Waals surface area contributed by atoms with E-state index in [-0.39, 0.29) is 19.0 Å². The van der Waals surface area contributed by atoms with Crippen LogP contribution < -0.4 is 0 Å². The third-order valence-corrected chi connectivity index (χ3v) is 4.03. The van der Waals surface area contributed by atoms with Gasteiger partial charge in [0.05, 0.1) is 19.6 Å². The first-order chi connectivity index (χ1) is 8.06. The van der Waals surface area contributed by atoms with Gasteiger partial charge in [-0.05, 0) is 25.8 Å². The van der Waals surface area contributed by atoms with Crippen LogP contribution in [0.15, 0.2) is 0 Å². The van der Waals surface area contributed by atoms with Crippen LogP contribution in [0.1, 0.15) is 19.3 Å². The van der Waals surface area contributed by atoms with E-state index in [0.29, 0.717) is 13.0 Å². The molecule has 2 rings (SSSR count). The van der Waals surface area contributed by atoms with E-state index in [0.717, 1.165) is 6.42 Å². The molecule has 0 bridgehead atoms. The lowest BCUT2D eigenvalue weighted by Crippen LogP contribution is -2.50. The van der Waals surface area contributed by atoms with Gasteiger partial charge in [0.1, 0.15) is 5.54 Å². The predicted molar refractivity (Wildman–Crippen MR) is 57.3 cm³/mol. The molecule has 3 atom stereocenters. The Morgan fingerprint density at radius 3 is 2.76 bits per heavy atom. The first-order valence-corrected chi connectivity index (χ1v) is 5.75. The molecular weight excluding hydrogens is 226 g/mol. The molecule has 2 saturated heterocycles. The summed E-state index contributed by atoms with van der Waals surface area (Å²) >= 11 is 0. The van der Waals surface area contributed by atoms with Crippen LogP contribution in [0.4, 0.5) is 0 Å². The normalized spacial score (nSPS) is 36.8. The number of aliphatic hydroxyl groups excluding tert-OH is 1. The van der Waals surface area contributed by atoms with E-state index in [1.165, 1.54) is 7.11 Å². The number of rotatable bonds is 3. The molecule has 0 spiro atoms. The quantitative estimate of drug-likeness (QED) is 0.647. The highest BCUT2D eigenvalue weighted by Gasteiger charge is 2.60. The van der Waals surface area contributed by atoms with Crippen LogP contribution in [0.3, 0.4) is 0 Å². The number of carbonyl (C=O) groups is 2. The molecule has 96 valence electrons. The lowest BCUT2D eigenvalue weighted by Gasteiger charge is -2.31. The van der Waals surface area contributed by atoms with Gasteiger partial charge in [-0.15, -0.1) is 0 Å². The number of hydrogen-bond acceptors (Lipinski definition) is 5. The second-order valence-corrected chi connectivity index (χ2v) is 4.72. The van der Waals surface area contributed by atoms with Crippen LogP contribution in [-0.2, 0) is 14.3 Å². The van der Waals surface area contributed by atoms with Crippen LogP contribution in [0.25, 0.3) is 0 Å². The molecule has 0 saturated carbocycles. The summed E-state index contributed by atoms with van der Waals surface area (Å²) < 4.78 is 4.80. The molecule has 6 heteroatoms. The van der Waals surface area contributed by atoms with E-state index >= 15 is 0 Å². The summed E-state index contributed by atoms with van der Waals surface area (Å²) in [6, 6.07) is -0.478. The molecule has 0 amide bonds. The van der Waals surface area contributed by atoms with Crippen molar-refractivity contribution in [3.8, 4) is 0 Å². The third-order valence-electron chi connectivity index (χ3n) is 4.03. The zero-order chi connectivity index (χ0) is 12.6. The molecule has 0 unspecified atom stereocenters. The minimum atomic E-state index is -0.957. The topological polar surface area (TPSA) is 87.1 Å². The molecule has 0 aromatic carbocycles. The number of nitrogens with zero attached hydrogens (tertiary/aromatic N) is 1. The fraction of sp³-hybridized carbons (Fsp3) is 0.818. The number of esters is 1. The van der Waals surface area contributed by atoms with Crippen molar-refractivity contribution >= 4 is 11.9 Å². The maximum atomic E-state index is 11.9. The first-order valence-electron chi connectivity index (χ1n) is 5.75. The number of methoxy groups -OCH3 is 1. The van der Waals surface area contributed by atoms with Crippen LogP contribution in [0.2, 0.25) is 0 Å². The largest absolute Gasteiger partial charge is 0.481 e. The predicted octanol–water partition coefficient (Wildman–Crippen LogP) is -0.541. The average Bonchev–Trinajstić information content (AvgIpc) is 2.83. The maximum absolute atomic E-state index is 11.9. The van der Waals surface area contributed by atoms with E-state index in [4.69, 9.17) is 9.84 Å². The van der Waals surface area contributed by atoms with Gasteiger partial charge in [-0.1, -0.05) is 0 Å². The van der Waals surface area contributed by atoms with E-state index in [1.54, 1.807) is 0 Å².